The Balaban J connectivity index is 1.60. The fourth-order valence-electron chi connectivity index (χ4n) is 3.12. The Hall–Kier alpha value is -3.56. The number of aromatic nitrogens is 3. The number of rotatable bonds is 11. The number of hydrogen-bond donors (Lipinski definition) is 1. The largest absolute Gasteiger partial charge is 0.494 e. The van der Waals surface area contributed by atoms with Gasteiger partial charge < -0.3 is 14.6 Å². The van der Waals surface area contributed by atoms with Crippen LogP contribution in [0.5, 0.6) is 11.6 Å². The predicted molar refractivity (Wildman–Crippen MR) is 114 cm³/mol. The Morgan fingerprint density at radius 3 is 2.64 bits per heavy atom. The number of hydrogen-bond acceptors (Lipinski definition) is 5. The van der Waals surface area contributed by atoms with Crippen molar-refractivity contribution in [2.24, 2.45) is 0 Å². The highest BCUT2D eigenvalue weighted by Gasteiger charge is 2.30. The highest BCUT2D eigenvalue weighted by atomic mass is 19.4. The van der Waals surface area contributed by atoms with Gasteiger partial charge in [-0.1, -0.05) is 12.1 Å². The highest BCUT2D eigenvalue weighted by molar-refractivity contribution is 5.67. The molecule has 3 aromatic rings. The van der Waals surface area contributed by atoms with E-state index in [9.17, 15) is 18.0 Å². The first-order chi connectivity index (χ1) is 15.8. The summed E-state index contributed by atoms with van der Waals surface area (Å²) in [6.07, 6.45) is -0.279. The van der Waals surface area contributed by atoms with Gasteiger partial charge in [0.25, 0.3) is 0 Å². The van der Waals surface area contributed by atoms with Gasteiger partial charge in [-0.25, -0.2) is 9.67 Å². The number of carboxylic acids is 1. The third kappa shape index (κ3) is 6.96. The molecule has 7 nitrogen and oxygen atoms in total. The van der Waals surface area contributed by atoms with Crippen molar-refractivity contribution < 1.29 is 32.5 Å². The molecule has 1 N–H and O–H groups in total. The number of benzene rings is 1. The average molecular weight is 463 g/mol. The highest BCUT2D eigenvalue weighted by Crippen LogP contribution is 2.29. The van der Waals surface area contributed by atoms with Crippen LogP contribution in [0.2, 0.25) is 0 Å². The summed E-state index contributed by atoms with van der Waals surface area (Å²) in [4.78, 5) is 14.6. The van der Waals surface area contributed by atoms with Crippen LogP contribution in [0.15, 0.2) is 48.8 Å². The Morgan fingerprint density at radius 1 is 1.15 bits per heavy atom. The van der Waals surface area contributed by atoms with E-state index in [1.54, 1.807) is 6.20 Å². The molecule has 0 amide bonds. The number of halogens is 3. The molecule has 0 unspecified atom stereocenters. The standard InChI is InChI=1S/C23H24F3N3O4/c1-2-32-22-17(15-29(28-22)20-10-9-18(14-27-20)23(24,25)26)6-4-12-33-19-7-3-5-16(13-19)8-11-21(30)31/h3,5,7,9-10,13-15H,2,4,6,8,11-12H2,1H3,(H,30,31). The summed E-state index contributed by atoms with van der Waals surface area (Å²) >= 11 is 0. The molecule has 2 heterocycles. The molecule has 10 heteroatoms. The Kier molecular flexibility index (Phi) is 7.92. The van der Waals surface area contributed by atoms with Crippen molar-refractivity contribution >= 4 is 5.97 Å². The van der Waals surface area contributed by atoms with Crippen molar-refractivity contribution in [2.45, 2.75) is 38.8 Å². The van der Waals surface area contributed by atoms with Gasteiger partial charge in [0.2, 0.25) is 5.88 Å². The number of alkyl halides is 3. The maximum Gasteiger partial charge on any atom is 0.417 e. The third-order valence-corrected chi connectivity index (χ3v) is 4.73. The van der Waals surface area contributed by atoms with Crippen LogP contribution in [0, 0.1) is 0 Å². The molecule has 3 rings (SSSR count). The Bertz CT molecular complexity index is 1070. The van der Waals surface area contributed by atoms with Crippen LogP contribution in [0.4, 0.5) is 13.2 Å². The minimum absolute atomic E-state index is 0.0570. The third-order valence-electron chi connectivity index (χ3n) is 4.73. The summed E-state index contributed by atoms with van der Waals surface area (Å²) < 4.78 is 51.0. The van der Waals surface area contributed by atoms with Crippen LogP contribution >= 0.6 is 0 Å². The van der Waals surface area contributed by atoms with Crippen LogP contribution < -0.4 is 9.47 Å². The first kappa shape index (κ1) is 24.1. The minimum Gasteiger partial charge on any atom is -0.494 e. The van der Waals surface area contributed by atoms with Crippen molar-refractivity contribution in [3.05, 3.63) is 65.5 Å². The molecule has 0 bridgehead atoms. The number of pyridine rings is 1. The Labute approximate surface area is 188 Å². The number of aryl methyl sites for hydroxylation is 2. The summed E-state index contributed by atoms with van der Waals surface area (Å²) in [5, 5.41) is 13.1. The van der Waals surface area contributed by atoms with Gasteiger partial charge in [0, 0.05) is 24.4 Å². The van der Waals surface area contributed by atoms with Crippen molar-refractivity contribution in [3.63, 3.8) is 0 Å². The molecule has 2 aromatic heterocycles. The van der Waals surface area contributed by atoms with Gasteiger partial charge in [-0.15, -0.1) is 5.10 Å². The van der Waals surface area contributed by atoms with Crippen LogP contribution in [0.3, 0.4) is 0 Å². The van der Waals surface area contributed by atoms with Gasteiger partial charge in [0.15, 0.2) is 5.82 Å². The van der Waals surface area contributed by atoms with E-state index in [1.165, 1.54) is 10.7 Å². The molecule has 0 atom stereocenters. The molecule has 176 valence electrons. The zero-order valence-corrected chi connectivity index (χ0v) is 18.0. The van der Waals surface area contributed by atoms with Gasteiger partial charge in [-0.2, -0.15) is 13.2 Å². The van der Waals surface area contributed by atoms with Crippen molar-refractivity contribution in [3.8, 4) is 17.4 Å². The van der Waals surface area contributed by atoms with Gasteiger partial charge in [-0.3, -0.25) is 4.79 Å². The maximum absolute atomic E-state index is 12.8. The smallest absolute Gasteiger partial charge is 0.417 e. The summed E-state index contributed by atoms with van der Waals surface area (Å²) in [5.41, 5.74) is 0.851. The van der Waals surface area contributed by atoms with Gasteiger partial charge >= 0.3 is 12.1 Å². The second kappa shape index (κ2) is 10.8. The van der Waals surface area contributed by atoms with Crippen molar-refractivity contribution in [1.29, 1.82) is 0 Å². The van der Waals surface area contributed by atoms with E-state index < -0.39 is 17.7 Å². The lowest BCUT2D eigenvalue weighted by Gasteiger charge is -2.08. The molecule has 33 heavy (non-hydrogen) atoms. The van der Waals surface area contributed by atoms with E-state index in [0.717, 1.165) is 23.4 Å². The number of aliphatic carboxylic acids is 1. The number of nitrogens with zero attached hydrogens (tertiary/aromatic N) is 3. The molecule has 0 aliphatic carbocycles. The summed E-state index contributed by atoms with van der Waals surface area (Å²) in [7, 11) is 0. The van der Waals surface area contributed by atoms with E-state index in [2.05, 4.69) is 10.1 Å². The molecule has 1 aromatic carbocycles. The van der Waals surface area contributed by atoms with E-state index in [-0.39, 0.29) is 12.2 Å². The van der Waals surface area contributed by atoms with Crippen LogP contribution in [0.1, 0.15) is 36.5 Å². The first-order valence-corrected chi connectivity index (χ1v) is 10.4. The predicted octanol–water partition coefficient (Wildman–Crippen LogP) is 4.71. The molecule has 0 aliphatic heterocycles. The lowest BCUT2D eigenvalue weighted by Crippen LogP contribution is -2.07. The van der Waals surface area contributed by atoms with E-state index in [4.69, 9.17) is 14.6 Å². The second-order valence-electron chi connectivity index (χ2n) is 7.23. The number of ether oxygens (including phenoxy) is 2. The molecule has 0 aliphatic rings. The monoisotopic (exact) mass is 463 g/mol. The fraction of sp³-hybridized carbons (Fsp3) is 0.348. The normalized spacial score (nSPS) is 11.4. The molecule has 0 saturated carbocycles. The molecular weight excluding hydrogens is 439 g/mol. The van der Waals surface area contributed by atoms with Gasteiger partial charge in [-0.05, 0) is 56.0 Å². The van der Waals surface area contributed by atoms with Crippen LogP contribution in [-0.2, 0) is 23.8 Å². The lowest BCUT2D eigenvalue weighted by molar-refractivity contribution is -0.138. The van der Waals surface area contributed by atoms with E-state index in [1.807, 2.05) is 31.2 Å². The summed E-state index contributed by atoms with van der Waals surface area (Å²) in [6.45, 7) is 2.63. The van der Waals surface area contributed by atoms with Gasteiger partial charge in [0.05, 0.1) is 18.8 Å². The average Bonchev–Trinajstić information content (AvgIpc) is 3.18. The van der Waals surface area contributed by atoms with Crippen LogP contribution in [-0.4, -0.2) is 39.1 Å². The van der Waals surface area contributed by atoms with Crippen LogP contribution in [0.25, 0.3) is 5.82 Å². The lowest BCUT2D eigenvalue weighted by atomic mass is 10.1. The first-order valence-electron chi connectivity index (χ1n) is 10.4. The SMILES string of the molecule is CCOc1nn(-c2ccc(C(F)(F)F)cn2)cc1CCCOc1cccc(CCC(=O)O)c1. The van der Waals surface area contributed by atoms with E-state index in [0.29, 0.717) is 44.1 Å². The van der Waals surface area contributed by atoms with E-state index >= 15 is 0 Å². The summed E-state index contributed by atoms with van der Waals surface area (Å²) in [5.74, 6) is 0.463. The number of carbonyl (C=O) groups is 1. The zero-order chi connectivity index (χ0) is 23.8. The Morgan fingerprint density at radius 2 is 1.97 bits per heavy atom. The second-order valence-corrected chi connectivity index (χ2v) is 7.23. The fourth-order valence-corrected chi connectivity index (χ4v) is 3.12. The molecular formula is C23H24F3N3O4. The minimum atomic E-state index is -4.45. The molecule has 0 fully saturated rings. The molecule has 0 saturated heterocycles. The number of carboxylic acid groups (broad SMARTS) is 1. The maximum atomic E-state index is 12.8. The molecule has 0 radical (unpaired) electrons. The quantitative estimate of drug-likeness (QED) is 0.415. The zero-order valence-electron chi connectivity index (χ0n) is 18.0. The molecule has 0 spiro atoms. The van der Waals surface area contributed by atoms with Crippen molar-refractivity contribution in [2.75, 3.05) is 13.2 Å². The van der Waals surface area contributed by atoms with Crippen molar-refractivity contribution in [1.82, 2.24) is 14.8 Å². The van der Waals surface area contributed by atoms with Gasteiger partial charge in [0.1, 0.15) is 5.75 Å². The topological polar surface area (TPSA) is 86.5 Å². The summed E-state index contributed by atoms with van der Waals surface area (Å²) in [6, 6.07) is 9.53.